The number of halogens is 2. The standard InChI is InChI=1S/C20H29FN2O2.ClH/c1-15(2)18-19(24)22(3)14-20(25-18)8-11-23(12-9-20)10-7-16-5-4-6-17(21)13-16;/h4-6,13,15,18H,7-12,14H2,1-3H3;1H. The second-order valence-corrected chi connectivity index (χ2v) is 7.88. The Bertz CT molecular complexity index is 618. The van der Waals surface area contributed by atoms with Crippen LogP contribution in [0.5, 0.6) is 0 Å². The summed E-state index contributed by atoms with van der Waals surface area (Å²) in [6.45, 7) is 7.63. The molecule has 2 heterocycles. The number of carbonyl (C=O) groups excluding carboxylic acids is 1. The molecule has 4 nitrogen and oxygen atoms in total. The van der Waals surface area contributed by atoms with Crippen molar-refractivity contribution in [3.63, 3.8) is 0 Å². The second kappa shape index (κ2) is 8.68. The van der Waals surface area contributed by atoms with Gasteiger partial charge in [-0.15, -0.1) is 12.4 Å². The molecule has 3 rings (SSSR count). The van der Waals surface area contributed by atoms with E-state index in [1.54, 1.807) is 12.1 Å². The van der Waals surface area contributed by atoms with Gasteiger partial charge in [-0.25, -0.2) is 4.39 Å². The Labute approximate surface area is 162 Å². The van der Waals surface area contributed by atoms with E-state index >= 15 is 0 Å². The molecule has 1 unspecified atom stereocenters. The minimum atomic E-state index is -0.322. The van der Waals surface area contributed by atoms with Gasteiger partial charge in [0.05, 0.1) is 5.60 Å². The summed E-state index contributed by atoms with van der Waals surface area (Å²) in [5.41, 5.74) is 0.840. The zero-order valence-corrected chi connectivity index (χ0v) is 16.7. The van der Waals surface area contributed by atoms with Gasteiger partial charge in [0, 0.05) is 33.2 Å². The van der Waals surface area contributed by atoms with Crippen molar-refractivity contribution < 1.29 is 13.9 Å². The van der Waals surface area contributed by atoms with E-state index in [0.29, 0.717) is 6.54 Å². The van der Waals surface area contributed by atoms with Crippen LogP contribution in [0.25, 0.3) is 0 Å². The number of nitrogens with zero attached hydrogens (tertiary/aromatic N) is 2. The fourth-order valence-corrected chi connectivity index (χ4v) is 3.95. The quantitative estimate of drug-likeness (QED) is 0.799. The number of likely N-dealkylation sites (N-methyl/N-ethyl adjacent to an activating group) is 1. The summed E-state index contributed by atoms with van der Waals surface area (Å²) in [5.74, 6) is 0.130. The van der Waals surface area contributed by atoms with E-state index in [2.05, 4.69) is 4.90 Å². The van der Waals surface area contributed by atoms with Crippen LogP contribution < -0.4 is 0 Å². The van der Waals surface area contributed by atoms with Gasteiger partial charge in [-0.2, -0.15) is 0 Å². The first-order valence-corrected chi connectivity index (χ1v) is 9.28. The van der Waals surface area contributed by atoms with Gasteiger partial charge in [0.15, 0.2) is 0 Å². The van der Waals surface area contributed by atoms with Crippen LogP contribution in [0.2, 0.25) is 0 Å². The van der Waals surface area contributed by atoms with Crippen molar-refractivity contribution in [3.8, 4) is 0 Å². The van der Waals surface area contributed by atoms with Gasteiger partial charge in [0.2, 0.25) is 0 Å². The number of ether oxygens (including phenoxy) is 1. The van der Waals surface area contributed by atoms with Gasteiger partial charge in [0.1, 0.15) is 11.9 Å². The average Bonchev–Trinajstić information content (AvgIpc) is 2.58. The lowest BCUT2D eigenvalue weighted by Crippen LogP contribution is -2.62. The molecule has 1 aromatic rings. The first-order chi connectivity index (χ1) is 11.9. The number of rotatable bonds is 4. The van der Waals surface area contributed by atoms with Crippen LogP contribution in [-0.4, -0.2) is 60.6 Å². The molecule has 1 spiro atoms. The highest BCUT2D eigenvalue weighted by Gasteiger charge is 2.46. The molecule has 0 aliphatic carbocycles. The third kappa shape index (κ3) is 4.76. The number of amides is 1. The van der Waals surface area contributed by atoms with Gasteiger partial charge in [0.25, 0.3) is 5.91 Å². The van der Waals surface area contributed by atoms with Crippen LogP contribution in [0.4, 0.5) is 4.39 Å². The zero-order chi connectivity index (χ0) is 18.0. The van der Waals surface area contributed by atoms with E-state index in [0.717, 1.165) is 44.5 Å². The second-order valence-electron chi connectivity index (χ2n) is 7.88. The van der Waals surface area contributed by atoms with Gasteiger partial charge >= 0.3 is 0 Å². The maximum atomic E-state index is 13.3. The Balaban J connectivity index is 0.00000243. The van der Waals surface area contributed by atoms with Crippen molar-refractivity contribution >= 4 is 18.3 Å². The summed E-state index contributed by atoms with van der Waals surface area (Å²) in [6, 6.07) is 6.85. The summed E-state index contributed by atoms with van der Waals surface area (Å²) in [5, 5.41) is 0. The molecule has 0 N–H and O–H groups in total. The summed E-state index contributed by atoms with van der Waals surface area (Å²) < 4.78 is 19.6. The van der Waals surface area contributed by atoms with Crippen molar-refractivity contribution in [2.75, 3.05) is 33.2 Å². The monoisotopic (exact) mass is 384 g/mol. The first-order valence-electron chi connectivity index (χ1n) is 9.28. The summed E-state index contributed by atoms with van der Waals surface area (Å²) in [6.07, 6.45) is 2.42. The molecule has 2 saturated heterocycles. The molecule has 2 aliphatic rings. The summed E-state index contributed by atoms with van der Waals surface area (Å²) in [7, 11) is 1.89. The maximum Gasteiger partial charge on any atom is 0.251 e. The zero-order valence-electron chi connectivity index (χ0n) is 15.9. The SMILES string of the molecule is CC(C)C1OC2(CCN(CCc3cccc(F)c3)CC2)CN(C)C1=O.Cl. The molecule has 0 saturated carbocycles. The van der Waals surface area contributed by atoms with Crippen LogP contribution in [0.3, 0.4) is 0 Å². The van der Waals surface area contributed by atoms with Crippen molar-refractivity contribution in [1.82, 2.24) is 9.80 Å². The van der Waals surface area contributed by atoms with Crippen molar-refractivity contribution in [1.29, 1.82) is 0 Å². The third-order valence-corrected chi connectivity index (χ3v) is 5.50. The maximum absolute atomic E-state index is 13.3. The fraction of sp³-hybridized carbons (Fsp3) is 0.650. The van der Waals surface area contributed by atoms with Gasteiger partial charge in [-0.1, -0.05) is 26.0 Å². The normalized spacial score (nSPS) is 23.3. The third-order valence-electron chi connectivity index (χ3n) is 5.50. The molecule has 2 fully saturated rings. The van der Waals surface area contributed by atoms with Crippen LogP contribution in [0, 0.1) is 11.7 Å². The lowest BCUT2D eigenvalue weighted by molar-refractivity contribution is -0.197. The van der Waals surface area contributed by atoms with Gasteiger partial charge in [-0.05, 0) is 42.9 Å². The van der Waals surface area contributed by atoms with Crippen molar-refractivity contribution in [2.24, 2.45) is 5.92 Å². The van der Waals surface area contributed by atoms with Crippen LogP contribution in [-0.2, 0) is 16.0 Å². The number of piperidine rings is 1. The Morgan fingerprint density at radius 1 is 1.31 bits per heavy atom. The minimum absolute atomic E-state index is 0. The Morgan fingerprint density at radius 2 is 2.00 bits per heavy atom. The highest BCUT2D eigenvalue weighted by Crippen LogP contribution is 2.34. The predicted octanol–water partition coefficient (Wildman–Crippen LogP) is 3.14. The molecule has 0 bridgehead atoms. The largest absolute Gasteiger partial charge is 0.360 e. The average molecular weight is 385 g/mol. The molecule has 146 valence electrons. The number of carbonyl (C=O) groups is 1. The van der Waals surface area contributed by atoms with E-state index in [9.17, 15) is 9.18 Å². The van der Waals surface area contributed by atoms with E-state index < -0.39 is 0 Å². The number of hydrogen-bond donors (Lipinski definition) is 0. The van der Waals surface area contributed by atoms with Crippen LogP contribution in [0.1, 0.15) is 32.3 Å². The molecule has 26 heavy (non-hydrogen) atoms. The highest BCUT2D eigenvalue weighted by atomic mass is 35.5. The number of benzene rings is 1. The fourth-order valence-electron chi connectivity index (χ4n) is 3.95. The van der Waals surface area contributed by atoms with Gasteiger partial charge in [-0.3, -0.25) is 4.79 Å². The lowest BCUT2D eigenvalue weighted by Gasteiger charge is -2.49. The topological polar surface area (TPSA) is 32.8 Å². The molecule has 1 aromatic carbocycles. The van der Waals surface area contributed by atoms with Crippen LogP contribution in [0.15, 0.2) is 24.3 Å². The van der Waals surface area contributed by atoms with Crippen molar-refractivity contribution in [3.05, 3.63) is 35.6 Å². The Hall–Kier alpha value is -1.17. The molecule has 1 atom stereocenters. The van der Waals surface area contributed by atoms with Crippen molar-refractivity contribution in [2.45, 2.75) is 44.8 Å². The lowest BCUT2D eigenvalue weighted by atomic mass is 9.87. The number of morpholine rings is 1. The molecular weight excluding hydrogens is 355 g/mol. The molecule has 6 heteroatoms. The molecule has 0 aromatic heterocycles. The molecular formula is C20H30ClFN2O2. The predicted molar refractivity (Wildman–Crippen MR) is 103 cm³/mol. The molecule has 1 amide bonds. The van der Waals surface area contributed by atoms with Crippen LogP contribution >= 0.6 is 12.4 Å². The summed E-state index contributed by atoms with van der Waals surface area (Å²) >= 11 is 0. The van der Waals surface area contributed by atoms with Gasteiger partial charge < -0.3 is 14.5 Å². The number of likely N-dealkylation sites (tertiary alicyclic amines) is 1. The first kappa shape index (κ1) is 21.1. The molecule has 0 radical (unpaired) electrons. The summed E-state index contributed by atoms with van der Waals surface area (Å²) in [4.78, 5) is 16.6. The number of hydrogen-bond acceptors (Lipinski definition) is 3. The molecule has 2 aliphatic heterocycles. The Morgan fingerprint density at radius 3 is 2.62 bits per heavy atom. The van der Waals surface area contributed by atoms with E-state index in [1.165, 1.54) is 6.07 Å². The smallest absolute Gasteiger partial charge is 0.251 e. The highest BCUT2D eigenvalue weighted by molar-refractivity contribution is 5.85. The van der Waals surface area contributed by atoms with E-state index in [1.807, 2.05) is 31.9 Å². The van der Waals surface area contributed by atoms with E-state index in [-0.39, 0.29) is 41.8 Å². The Kier molecular flexibility index (Phi) is 7.05. The minimum Gasteiger partial charge on any atom is -0.360 e. The van der Waals surface area contributed by atoms with E-state index in [4.69, 9.17) is 4.74 Å².